The smallest absolute Gasteiger partial charge is 0.354 e. The number of methoxy groups -OCH3 is 1. The van der Waals surface area contributed by atoms with E-state index in [1.54, 1.807) is 13.0 Å². The van der Waals surface area contributed by atoms with E-state index in [1.807, 2.05) is 0 Å². The fourth-order valence-electron chi connectivity index (χ4n) is 3.11. The summed E-state index contributed by atoms with van der Waals surface area (Å²) >= 11 is 0. The van der Waals surface area contributed by atoms with Crippen LogP contribution in [0.1, 0.15) is 35.2 Å². The number of hydrogen-bond donors (Lipinski definition) is 1. The highest BCUT2D eigenvalue weighted by molar-refractivity contribution is 6.06. The Labute approximate surface area is 132 Å². The number of Topliss-reactive ketones (excluding diaryl/α,β-unsaturated/α-hetero) is 1. The molecule has 1 aromatic carbocycles. The molecule has 1 aromatic rings. The molecule has 1 fully saturated rings. The third kappa shape index (κ3) is 2.32. The average Bonchev–Trinajstić information content (AvgIpc) is 2.92. The molecule has 0 spiro atoms. The summed E-state index contributed by atoms with van der Waals surface area (Å²) in [5.74, 6) is -1.81. The molecule has 7 heteroatoms. The van der Waals surface area contributed by atoms with Crippen LogP contribution in [0.5, 0.6) is 11.5 Å². The minimum absolute atomic E-state index is 0.0273. The minimum atomic E-state index is -1.72. The predicted octanol–water partition coefficient (Wildman–Crippen LogP) is 1.28. The zero-order chi connectivity index (χ0) is 16.8. The van der Waals surface area contributed by atoms with E-state index in [0.717, 1.165) is 0 Å². The van der Waals surface area contributed by atoms with Crippen molar-refractivity contribution in [1.29, 1.82) is 0 Å². The largest absolute Gasteiger partial charge is 0.507 e. The lowest BCUT2D eigenvalue weighted by Gasteiger charge is -2.38. The van der Waals surface area contributed by atoms with Gasteiger partial charge in [-0.2, -0.15) is 0 Å². The summed E-state index contributed by atoms with van der Waals surface area (Å²) in [7, 11) is 1.18. The molecule has 2 aliphatic heterocycles. The molecule has 0 saturated carbocycles. The van der Waals surface area contributed by atoms with Gasteiger partial charge in [0.1, 0.15) is 17.1 Å². The number of fused-ring (bicyclic) bond motifs is 1. The number of ketones is 1. The van der Waals surface area contributed by atoms with E-state index >= 15 is 0 Å². The van der Waals surface area contributed by atoms with Gasteiger partial charge in [-0.1, -0.05) is 0 Å². The summed E-state index contributed by atoms with van der Waals surface area (Å²) in [6, 6.07) is 3.00. The number of benzene rings is 1. The number of aryl methyl sites for hydroxylation is 1. The Morgan fingerprint density at radius 1 is 1.39 bits per heavy atom. The molecule has 0 bridgehead atoms. The highest BCUT2D eigenvalue weighted by Gasteiger charge is 2.57. The third-order valence-corrected chi connectivity index (χ3v) is 4.16. The molecular weight excluding hydrogens is 304 g/mol. The first-order valence-electron chi connectivity index (χ1n) is 7.21. The lowest BCUT2D eigenvalue weighted by atomic mass is 9.83. The number of aromatic hydroxyl groups is 1. The molecule has 1 saturated heterocycles. The number of carbonyl (C=O) groups is 3. The fraction of sp³-hybridized carbons (Fsp3) is 0.438. The molecule has 0 unspecified atom stereocenters. The Morgan fingerprint density at radius 3 is 2.74 bits per heavy atom. The molecule has 1 N–H and O–H groups in total. The number of hydrogen-bond acceptors (Lipinski definition) is 7. The van der Waals surface area contributed by atoms with Crippen molar-refractivity contribution in [3.05, 3.63) is 23.3 Å². The van der Waals surface area contributed by atoms with Crippen molar-refractivity contribution in [2.75, 3.05) is 7.11 Å². The second kappa shape index (κ2) is 5.26. The quantitative estimate of drug-likeness (QED) is 0.819. The van der Waals surface area contributed by atoms with E-state index in [1.165, 1.54) is 13.2 Å². The van der Waals surface area contributed by atoms with E-state index in [9.17, 15) is 19.5 Å². The van der Waals surface area contributed by atoms with Crippen LogP contribution in [0.3, 0.4) is 0 Å². The lowest BCUT2D eigenvalue weighted by molar-refractivity contribution is -0.175. The van der Waals surface area contributed by atoms with Gasteiger partial charge in [0.15, 0.2) is 11.9 Å². The van der Waals surface area contributed by atoms with Crippen LogP contribution in [0, 0.1) is 6.92 Å². The van der Waals surface area contributed by atoms with Crippen molar-refractivity contribution in [3.8, 4) is 11.5 Å². The molecule has 0 aromatic heterocycles. The zero-order valence-corrected chi connectivity index (χ0v) is 12.8. The van der Waals surface area contributed by atoms with Crippen LogP contribution in [0.15, 0.2) is 12.1 Å². The van der Waals surface area contributed by atoms with Crippen molar-refractivity contribution in [2.24, 2.45) is 0 Å². The van der Waals surface area contributed by atoms with Gasteiger partial charge in [-0.15, -0.1) is 0 Å². The highest BCUT2D eigenvalue weighted by atomic mass is 16.6. The standard InChI is InChI=1S/C16H16O7/c1-8-5-9(17)14-10(18)7-16(15(20)21-2,23-11(14)6-8)12-3-4-13(19)22-12/h5-6,12,17H,3-4,7H2,1-2H3/t12-,16+/m1/s1. The van der Waals surface area contributed by atoms with Crippen molar-refractivity contribution >= 4 is 17.7 Å². The van der Waals surface area contributed by atoms with Gasteiger partial charge in [-0.25, -0.2) is 4.79 Å². The maximum absolute atomic E-state index is 12.5. The Morgan fingerprint density at radius 2 is 2.13 bits per heavy atom. The van der Waals surface area contributed by atoms with Gasteiger partial charge in [0, 0.05) is 6.42 Å². The number of ether oxygens (including phenoxy) is 3. The molecule has 0 radical (unpaired) electrons. The van der Waals surface area contributed by atoms with E-state index in [4.69, 9.17) is 14.2 Å². The van der Waals surface area contributed by atoms with Crippen molar-refractivity contribution in [2.45, 2.75) is 37.9 Å². The lowest BCUT2D eigenvalue weighted by Crippen LogP contribution is -2.58. The molecule has 23 heavy (non-hydrogen) atoms. The Kier molecular flexibility index (Phi) is 3.50. The number of phenols is 1. The molecule has 3 rings (SSSR count). The van der Waals surface area contributed by atoms with Crippen LogP contribution in [-0.4, -0.2) is 41.6 Å². The first kappa shape index (κ1) is 15.3. The summed E-state index contributed by atoms with van der Waals surface area (Å²) in [6.45, 7) is 1.72. The SMILES string of the molecule is COC(=O)[C@@]1([C@H]2CCC(=O)O2)CC(=O)c2c(O)cc(C)cc2O1. The van der Waals surface area contributed by atoms with Crippen LogP contribution in [0.2, 0.25) is 0 Å². The van der Waals surface area contributed by atoms with Crippen LogP contribution in [0.4, 0.5) is 0 Å². The van der Waals surface area contributed by atoms with Crippen LogP contribution >= 0.6 is 0 Å². The van der Waals surface area contributed by atoms with Gasteiger partial charge in [-0.3, -0.25) is 9.59 Å². The van der Waals surface area contributed by atoms with E-state index < -0.39 is 29.4 Å². The number of esters is 2. The van der Waals surface area contributed by atoms with Gasteiger partial charge in [0.2, 0.25) is 5.60 Å². The summed E-state index contributed by atoms with van der Waals surface area (Å²) < 4.78 is 15.8. The predicted molar refractivity (Wildman–Crippen MR) is 76.3 cm³/mol. The van der Waals surface area contributed by atoms with Crippen LogP contribution in [-0.2, 0) is 19.1 Å². The molecule has 0 amide bonds. The summed E-state index contributed by atoms with van der Waals surface area (Å²) in [4.78, 5) is 36.3. The van der Waals surface area contributed by atoms with Gasteiger partial charge in [-0.05, 0) is 31.0 Å². The summed E-state index contributed by atoms with van der Waals surface area (Å²) in [5.41, 5.74) is -1.02. The van der Waals surface area contributed by atoms with Gasteiger partial charge < -0.3 is 19.3 Å². The normalized spacial score (nSPS) is 26.3. The second-order valence-electron chi connectivity index (χ2n) is 5.76. The second-order valence-corrected chi connectivity index (χ2v) is 5.76. The Balaban J connectivity index is 2.10. The number of carbonyl (C=O) groups excluding carboxylic acids is 3. The first-order chi connectivity index (χ1) is 10.9. The third-order valence-electron chi connectivity index (χ3n) is 4.16. The first-order valence-corrected chi connectivity index (χ1v) is 7.21. The number of rotatable bonds is 2. The Hall–Kier alpha value is -2.57. The summed E-state index contributed by atoms with van der Waals surface area (Å²) in [5, 5.41) is 9.98. The van der Waals surface area contributed by atoms with E-state index in [2.05, 4.69) is 0 Å². The van der Waals surface area contributed by atoms with Crippen LogP contribution in [0.25, 0.3) is 0 Å². The van der Waals surface area contributed by atoms with Crippen molar-refractivity contribution in [1.82, 2.24) is 0 Å². The zero-order valence-electron chi connectivity index (χ0n) is 12.8. The molecule has 0 aliphatic carbocycles. The van der Waals surface area contributed by atoms with Gasteiger partial charge >= 0.3 is 11.9 Å². The number of cyclic esters (lactones) is 1. The number of phenolic OH excluding ortho intramolecular Hbond substituents is 1. The van der Waals surface area contributed by atoms with E-state index in [0.29, 0.717) is 5.56 Å². The van der Waals surface area contributed by atoms with Gasteiger partial charge in [0.25, 0.3) is 0 Å². The monoisotopic (exact) mass is 320 g/mol. The fourth-order valence-corrected chi connectivity index (χ4v) is 3.11. The molecule has 2 aliphatic rings. The molecule has 122 valence electrons. The highest BCUT2D eigenvalue weighted by Crippen LogP contribution is 2.43. The minimum Gasteiger partial charge on any atom is -0.507 e. The Bertz CT molecular complexity index is 709. The molecular formula is C16H16O7. The topological polar surface area (TPSA) is 99.1 Å². The van der Waals surface area contributed by atoms with E-state index in [-0.39, 0.29) is 36.3 Å². The molecule has 2 heterocycles. The van der Waals surface area contributed by atoms with Gasteiger partial charge in [0.05, 0.1) is 13.5 Å². The maximum atomic E-state index is 12.5. The van der Waals surface area contributed by atoms with Crippen molar-refractivity contribution < 1.29 is 33.7 Å². The van der Waals surface area contributed by atoms with Crippen molar-refractivity contribution in [3.63, 3.8) is 0 Å². The average molecular weight is 320 g/mol. The maximum Gasteiger partial charge on any atom is 0.354 e. The molecule has 2 atom stereocenters. The van der Waals surface area contributed by atoms with Crippen LogP contribution < -0.4 is 4.74 Å². The molecule has 7 nitrogen and oxygen atoms in total. The summed E-state index contributed by atoms with van der Waals surface area (Å²) in [6.07, 6.45) is -0.857.